The monoisotopic (exact) mass is 730 g/mol. The van der Waals surface area contributed by atoms with Crippen molar-refractivity contribution in [2.75, 3.05) is 4.90 Å². The van der Waals surface area contributed by atoms with Crippen molar-refractivity contribution >= 4 is 66.2 Å². The van der Waals surface area contributed by atoms with Crippen LogP contribution in [0, 0.1) is 0 Å². The van der Waals surface area contributed by atoms with Crippen molar-refractivity contribution in [1.82, 2.24) is 14.5 Å². The topological polar surface area (TPSA) is 47.1 Å². The number of benzene rings is 6. The minimum absolute atomic E-state index is 0.0728. The Balaban J connectivity index is 1.03. The fraction of sp³-hybridized carbons (Fsp3) is 0.0769. The molecule has 0 radical (unpaired) electrons. The first-order chi connectivity index (χ1) is 28.1. The predicted octanol–water partition coefficient (Wildman–Crippen LogP) is 13.4. The maximum absolute atomic E-state index is 6.60. The Kier molecular flexibility index (Phi) is 6.08. The molecule has 0 N–H and O–H groups in total. The standard InChI is InChI=1S/C52H34N4O/c1-52-29-31-23-35(24-31)50(52)56(45-17-9-7-15-42(45)52)46-28-48-41(38-14-6-10-18-47(38)57-48)27-39(46)33-19-21-44-40(26-33)37-13-5-8-16-43(37)55(44)49-22-20-34-25-36(30-53-51(34)54-49)32-11-3-2-4-12-32/h2-23,25-28,30H,24,29H2,1H3. The molecule has 14 rings (SSSR count). The lowest BCUT2D eigenvalue weighted by atomic mass is 9.65. The molecule has 0 saturated heterocycles. The van der Waals surface area contributed by atoms with Crippen molar-refractivity contribution in [3.63, 3.8) is 0 Å². The summed E-state index contributed by atoms with van der Waals surface area (Å²) in [6, 6.07) is 54.5. The van der Waals surface area contributed by atoms with Gasteiger partial charge in [0, 0.05) is 61.4 Å². The van der Waals surface area contributed by atoms with E-state index < -0.39 is 0 Å². The number of pyridine rings is 2. The van der Waals surface area contributed by atoms with Gasteiger partial charge in [-0.1, -0.05) is 103 Å². The summed E-state index contributed by atoms with van der Waals surface area (Å²) in [4.78, 5) is 12.6. The van der Waals surface area contributed by atoms with Crippen LogP contribution in [0.4, 0.5) is 11.4 Å². The van der Waals surface area contributed by atoms with Crippen LogP contribution in [0.3, 0.4) is 0 Å². The smallest absolute Gasteiger partial charge is 0.161 e. The minimum Gasteiger partial charge on any atom is -0.456 e. The van der Waals surface area contributed by atoms with Crippen LogP contribution in [0.15, 0.2) is 185 Å². The van der Waals surface area contributed by atoms with Gasteiger partial charge in [-0.05, 0) is 96.6 Å². The van der Waals surface area contributed by atoms with Crippen LogP contribution >= 0.6 is 0 Å². The second-order valence-electron chi connectivity index (χ2n) is 16.1. The zero-order valence-electron chi connectivity index (χ0n) is 31.2. The normalized spacial score (nSPS) is 17.1. The number of allylic oxidation sites excluding steroid dienone is 4. The van der Waals surface area contributed by atoms with Gasteiger partial charge in [0.05, 0.1) is 22.4 Å². The molecule has 5 heterocycles. The highest BCUT2D eigenvalue weighted by Gasteiger charge is 2.50. The van der Waals surface area contributed by atoms with E-state index in [-0.39, 0.29) is 5.41 Å². The highest BCUT2D eigenvalue weighted by Crippen LogP contribution is 2.62. The number of hydrogen-bond acceptors (Lipinski definition) is 4. The van der Waals surface area contributed by atoms with Crippen LogP contribution in [0.2, 0.25) is 0 Å². The number of furan rings is 1. The van der Waals surface area contributed by atoms with E-state index >= 15 is 0 Å². The lowest BCUT2D eigenvalue weighted by Gasteiger charge is -2.42. The highest BCUT2D eigenvalue weighted by atomic mass is 16.3. The van der Waals surface area contributed by atoms with Crippen molar-refractivity contribution in [2.45, 2.75) is 25.2 Å². The molecule has 0 amide bonds. The van der Waals surface area contributed by atoms with Gasteiger partial charge in [0.15, 0.2) is 5.65 Å². The summed E-state index contributed by atoms with van der Waals surface area (Å²) in [7, 11) is 0. The van der Waals surface area contributed by atoms with Crippen LogP contribution in [0.5, 0.6) is 0 Å². The Morgan fingerprint density at radius 2 is 1.40 bits per heavy atom. The first kappa shape index (κ1) is 31.0. The van der Waals surface area contributed by atoms with Crippen LogP contribution < -0.4 is 4.90 Å². The third-order valence-corrected chi connectivity index (χ3v) is 12.7. The van der Waals surface area contributed by atoms with E-state index in [1.807, 2.05) is 12.3 Å². The van der Waals surface area contributed by atoms with Crippen molar-refractivity contribution in [1.29, 1.82) is 0 Å². The van der Waals surface area contributed by atoms with Gasteiger partial charge >= 0.3 is 0 Å². The zero-order valence-corrected chi connectivity index (χ0v) is 31.2. The second kappa shape index (κ2) is 11.2. The van der Waals surface area contributed by atoms with Gasteiger partial charge in [-0.3, -0.25) is 4.57 Å². The third kappa shape index (κ3) is 4.28. The van der Waals surface area contributed by atoms with Gasteiger partial charge in [-0.2, -0.15) is 0 Å². The Labute approximate surface area is 328 Å². The molecule has 268 valence electrons. The van der Waals surface area contributed by atoms with E-state index in [0.717, 1.165) is 85.0 Å². The molecule has 1 aliphatic heterocycles. The average molecular weight is 731 g/mol. The molecule has 6 aromatic carbocycles. The first-order valence-corrected chi connectivity index (χ1v) is 19.7. The van der Waals surface area contributed by atoms with E-state index in [1.54, 1.807) is 5.57 Å². The Bertz CT molecular complexity index is 3440. The lowest BCUT2D eigenvalue weighted by Crippen LogP contribution is -2.34. The summed E-state index contributed by atoms with van der Waals surface area (Å²) in [6.45, 7) is 2.44. The molecular formula is C52H34N4O. The van der Waals surface area contributed by atoms with E-state index in [2.05, 4.69) is 168 Å². The molecular weight excluding hydrogens is 697 g/mol. The molecule has 2 bridgehead atoms. The number of fused-ring (bicyclic) bond motifs is 8. The van der Waals surface area contributed by atoms with E-state index in [0.29, 0.717) is 0 Å². The number of anilines is 2. The largest absolute Gasteiger partial charge is 0.456 e. The van der Waals surface area contributed by atoms with Crippen LogP contribution in [-0.4, -0.2) is 14.5 Å². The molecule has 3 aliphatic carbocycles. The number of aromatic nitrogens is 3. The fourth-order valence-corrected chi connectivity index (χ4v) is 10.2. The predicted molar refractivity (Wildman–Crippen MR) is 232 cm³/mol. The van der Waals surface area contributed by atoms with E-state index in [4.69, 9.17) is 14.4 Å². The van der Waals surface area contributed by atoms with Gasteiger partial charge in [0.1, 0.15) is 17.0 Å². The van der Waals surface area contributed by atoms with Crippen molar-refractivity contribution in [3.05, 3.63) is 186 Å². The molecule has 0 fully saturated rings. The first-order valence-electron chi connectivity index (χ1n) is 19.7. The molecule has 4 aromatic heterocycles. The molecule has 4 aliphatic rings. The molecule has 0 saturated carbocycles. The molecule has 5 nitrogen and oxygen atoms in total. The SMILES string of the molecule is CC12CC3=CC(=C1N(c1cc4oc5ccccc5c4cc1-c1ccc4c(c1)c1ccccc1n4-c1ccc4cc(-c5ccccc5)cnc4n1)c1ccccc12)C3. The molecule has 1 unspecified atom stereocenters. The Morgan fingerprint density at radius 1 is 0.614 bits per heavy atom. The molecule has 5 heteroatoms. The van der Waals surface area contributed by atoms with Crippen LogP contribution in [0.1, 0.15) is 25.3 Å². The van der Waals surface area contributed by atoms with Gasteiger partial charge in [-0.15, -0.1) is 0 Å². The Morgan fingerprint density at radius 3 is 2.32 bits per heavy atom. The van der Waals surface area contributed by atoms with Crippen LogP contribution in [-0.2, 0) is 5.41 Å². The van der Waals surface area contributed by atoms with Crippen molar-refractivity contribution in [3.8, 4) is 28.1 Å². The molecule has 57 heavy (non-hydrogen) atoms. The Hall–Kier alpha value is -7.24. The number of nitrogens with zero attached hydrogens (tertiary/aromatic N) is 4. The third-order valence-electron chi connectivity index (χ3n) is 12.7. The summed E-state index contributed by atoms with van der Waals surface area (Å²) in [6.07, 6.45) is 6.47. The maximum atomic E-state index is 6.60. The highest BCUT2D eigenvalue weighted by molar-refractivity contribution is 6.13. The number of rotatable bonds is 4. The van der Waals surface area contributed by atoms with Gasteiger partial charge in [-0.25, -0.2) is 9.97 Å². The zero-order chi connectivity index (χ0) is 37.4. The second-order valence-corrected chi connectivity index (χ2v) is 16.1. The average Bonchev–Trinajstić information content (AvgIpc) is 3.88. The quantitative estimate of drug-likeness (QED) is 0.181. The van der Waals surface area contributed by atoms with Gasteiger partial charge in [0.2, 0.25) is 0 Å². The molecule has 10 aromatic rings. The number of hydrogen-bond donors (Lipinski definition) is 0. The summed E-state index contributed by atoms with van der Waals surface area (Å²) in [5.74, 6) is 0.847. The summed E-state index contributed by atoms with van der Waals surface area (Å²) >= 11 is 0. The van der Waals surface area contributed by atoms with Crippen molar-refractivity contribution < 1.29 is 4.42 Å². The fourth-order valence-electron chi connectivity index (χ4n) is 10.2. The summed E-state index contributed by atoms with van der Waals surface area (Å²) in [5, 5.41) is 5.63. The summed E-state index contributed by atoms with van der Waals surface area (Å²) in [5.41, 5.74) is 17.4. The molecule has 0 spiro atoms. The van der Waals surface area contributed by atoms with Gasteiger partial charge < -0.3 is 9.32 Å². The van der Waals surface area contributed by atoms with E-state index in [9.17, 15) is 0 Å². The van der Waals surface area contributed by atoms with Crippen molar-refractivity contribution in [2.24, 2.45) is 0 Å². The van der Waals surface area contributed by atoms with Gasteiger partial charge in [0.25, 0.3) is 0 Å². The minimum atomic E-state index is -0.0728. The molecule has 1 atom stereocenters. The van der Waals surface area contributed by atoms with E-state index in [1.165, 1.54) is 38.9 Å². The number of para-hydroxylation sites is 3. The summed E-state index contributed by atoms with van der Waals surface area (Å²) < 4.78 is 8.88. The lowest BCUT2D eigenvalue weighted by molar-refractivity contribution is 0.518. The van der Waals surface area contributed by atoms with Crippen LogP contribution in [0.25, 0.3) is 82.8 Å². The maximum Gasteiger partial charge on any atom is 0.161 e.